The summed E-state index contributed by atoms with van der Waals surface area (Å²) in [5.41, 5.74) is 0. The van der Waals surface area contributed by atoms with E-state index >= 15 is 0 Å². The first kappa shape index (κ1) is 13.1. The van der Waals surface area contributed by atoms with Gasteiger partial charge in [-0.2, -0.15) is 0 Å². The smallest absolute Gasteiger partial charge is 0.134 e. The van der Waals surface area contributed by atoms with Crippen molar-refractivity contribution in [2.24, 2.45) is 0 Å². The number of aliphatic hydroxyl groups is 1. The summed E-state index contributed by atoms with van der Waals surface area (Å²) < 4.78 is 0. The van der Waals surface area contributed by atoms with Gasteiger partial charge in [-0.1, -0.05) is 19.3 Å². The second-order valence-electron chi connectivity index (χ2n) is 4.81. The van der Waals surface area contributed by atoms with Crippen LogP contribution in [0.25, 0.3) is 0 Å². The first-order valence-corrected chi connectivity index (χ1v) is 6.71. The third-order valence-electron chi connectivity index (χ3n) is 3.55. The Bertz CT molecular complexity index is 366. The minimum Gasteiger partial charge on any atom is -0.395 e. The standard InChI is InChI=1S/C13H22N4O/c1-17(11-5-3-2-4-6-11)13-9-12(14-7-8-18)15-10-16-13/h9-11,18H,2-8H2,1H3,(H,14,15,16). The Balaban J connectivity index is 2.02. The van der Waals surface area contributed by atoms with Crippen LogP contribution < -0.4 is 10.2 Å². The predicted molar refractivity (Wildman–Crippen MR) is 72.9 cm³/mol. The van der Waals surface area contributed by atoms with E-state index in [9.17, 15) is 0 Å². The summed E-state index contributed by atoms with van der Waals surface area (Å²) in [5.74, 6) is 1.73. The largest absolute Gasteiger partial charge is 0.395 e. The van der Waals surface area contributed by atoms with E-state index in [1.54, 1.807) is 6.33 Å². The lowest BCUT2D eigenvalue weighted by atomic mass is 9.94. The number of rotatable bonds is 5. The van der Waals surface area contributed by atoms with Gasteiger partial charge in [0, 0.05) is 25.7 Å². The maximum absolute atomic E-state index is 8.79. The van der Waals surface area contributed by atoms with Crippen LogP contribution in [0.1, 0.15) is 32.1 Å². The van der Waals surface area contributed by atoms with Gasteiger partial charge in [0.2, 0.25) is 0 Å². The molecule has 1 heterocycles. The van der Waals surface area contributed by atoms with E-state index in [1.165, 1.54) is 32.1 Å². The summed E-state index contributed by atoms with van der Waals surface area (Å²) in [6, 6.07) is 2.55. The van der Waals surface area contributed by atoms with Crippen LogP contribution in [-0.4, -0.2) is 41.3 Å². The van der Waals surface area contributed by atoms with Crippen LogP contribution in [0.2, 0.25) is 0 Å². The van der Waals surface area contributed by atoms with Crippen molar-refractivity contribution in [1.29, 1.82) is 0 Å². The summed E-state index contributed by atoms with van der Waals surface area (Å²) in [7, 11) is 2.11. The molecule has 1 saturated carbocycles. The lowest BCUT2D eigenvalue weighted by Crippen LogP contribution is -2.34. The predicted octanol–water partition coefficient (Wildman–Crippen LogP) is 1.65. The van der Waals surface area contributed by atoms with Crippen LogP contribution in [0.5, 0.6) is 0 Å². The fraction of sp³-hybridized carbons (Fsp3) is 0.692. The molecule has 1 aromatic rings. The van der Waals surface area contributed by atoms with Crippen LogP contribution >= 0.6 is 0 Å². The van der Waals surface area contributed by atoms with Gasteiger partial charge in [-0.05, 0) is 12.8 Å². The molecule has 0 saturated heterocycles. The minimum absolute atomic E-state index is 0.109. The van der Waals surface area contributed by atoms with Crippen LogP contribution in [0.3, 0.4) is 0 Å². The number of hydrogen-bond acceptors (Lipinski definition) is 5. The van der Waals surface area contributed by atoms with Crippen molar-refractivity contribution in [3.05, 3.63) is 12.4 Å². The zero-order valence-electron chi connectivity index (χ0n) is 11.0. The maximum atomic E-state index is 8.79. The third-order valence-corrected chi connectivity index (χ3v) is 3.55. The number of nitrogens with zero attached hydrogens (tertiary/aromatic N) is 3. The van der Waals surface area contributed by atoms with Crippen molar-refractivity contribution < 1.29 is 5.11 Å². The van der Waals surface area contributed by atoms with Gasteiger partial charge in [-0.25, -0.2) is 9.97 Å². The van der Waals surface area contributed by atoms with Gasteiger partial charge >= 0.3 is 0 Å². The fourth-order valence-corrected chi connectivity index (χ4v) is 2.48. The monoisotopic (exact) mass is 250 g/mol. The second-order valence-corrected chi connectivity index (χ2v) is 4.81. The molecule has 5 nitrogen and oxygen atoms in total. The second kappa shape index (κ2) is 6.54. The molecular weight excluding hydrogens is 228 g/mol. The zero-order valence-corrected chi connectivity index (χ0v) is 11.0. The molecule has 1 aromatic heterocycles. The average Bonchev–Trinajstić information content (AvgIpc) is 2.45. The van der Waals surface area contributed by atoms with Crippen molar-refractivity contribution in [1.82, 2.24) is 9.97 Å². The van der Waals surface area contributed by atoms with E-state index in [4.69, 9.17) is 5.11 Å². The molecule has 0 atom stereocenters. The Morgan fingerprint density at radius 3 is 2.83 bits per heavy atom. The number of aliphatic hydroxyl groups excluding tert-OH is 1. The molecule has 0 radical (unpaired) electrons. The fourth-order valence-electron chi connectivity index (χ4n) is 2.48. The number of anilines is 2. The SMILES string of the molecule is CN(c1cc(NCCO)ncn1)C1CCCCC1. The van der Waals surface area contributed by atoms with Gasteiger partial charge in [0.1, 0.15) is 18.0 Å². The molecular formula is C13H22N4O. The molecule has 1 aliphatic rings. The maximum Gasteiger partial charge on any atom is 0.134 e. The van der Waals surface area contributed by atoms with Crippen molar-refractivity contribution in [2.45, 2.75) is 38.1 Å². The number of hydrogen-bond donors (Lipinski definition) is 2. The third kappa shape index (κ3) is 3.32. The molecule has 0 amide bonds. The highest BCUT2D eigenvalue weighted by molar-refractivity contribution is 5.48. The minimum atomic E-state index is 0.109. The molecule has 0 spiro atoms. The van der Waals surface area contributed by atoms with Gasteiger partial charge in [-0.15, -0.1) is 0 Å². The van der Waals surface area contributed by atoms with Gasteiger partial charge in [0.25, 0.3) is 0 Å². The first-order valence-electron chi connectivity index (χ1n) is 6.71. The van der Waals surface area contributed by atoms with E-state index < -0.39 is 0 Å². The quantitative estimate of drug-likeness (QED) is 0.832. The number of nitrogens with one attached hydrogen (secondary N) is 1. The summed E-state index contributed by atoms with van der Waals surface area (Å²) in [6.45, 7) is 0.626. The number of aromatic nitrogens is 2. The lowest BCUT2D eigenvalue weighted by Gasteiger charge is -2.32. The Kier molecular flexibility index (Phi) is 4.75. The van der Waals surface area contributed by atoms with Crippen LogP contribution in [0.4, 0.5) is 11.6 Å². The van der Waals surface area contributed by atoms with E-state index in [1.807, 2.05) is 6.07 Å². The molecule has 0 unspecified atom stereocenters. The van der Waals surface area contributed by atoms with Crippen LogP contribution in [0.15, 0.2) is 12.4 Å². The summed E-state index contributed by atoms with van der Waals surface area (Å²) in [5, 5.41) is 11.9. The van der Waals surface area contributed by atoms with Gasteiger partial charge in [-0.3, -0.25) is 0 Å². The Morgan fingerprint density at radius 1 is 1.33 bits per heavy atom. The van der Waals surface area contributed by atoms with Crippen molar-refractivity contribution in [3.63, 3.8) is 0 Å². The van der Waals surface area contributed by atoms with Crippen LogP contribution in [0, 0.1) is 0 Å². The highest BCUT2D eigenvalue weighted by Gasteiger charge is 2.19. The Labute approximate surface area is 108 Å². The average molecular weight is 250 g/mol. The molecule has 2 rings (SSSR count). The lowest BCUT2D eigenvalue weighted by molar-refractivity contribution is 0.311. The molecule has 5 heteroatoms. The molecule has 18 heavy (non-hydrogen) atoms. The van der Waals surface area contributed by atoms with Gasteiger partial charge in [0.15, 0.2) is 0 Å². The van der Waals surface area contributed by atoms with Gasteiger partial charge in [0.05, 0.1) is 6.61 Å². The zero-order chi connectivity index (χ0) is 12.8. The molecule has 0 aliphatic heterocycles. The molecule has 1 aliphatic carbocycles. The van der Waals surface area contributed by atoms with Crippen molar-refractivity contribution in [2.75, 3.05) is 30.4 Å². The molecule has 0 aromatic carbocycles. The van der Waals surface area contributed by atoms with Gasteiger partial charge < -0.3 is 15.3 Å². The highest BCUT2D eigenvalue weighted by atomic mass is 16.3. The highest BCUT2D eigenvalue weighted by Crippen LogP contribution is 2.25. The van der Waals surface area contributed by atoms with Crippen molar-refractivity contribution in [3.8, 4) is 0 Å². The summed E-state index contributed by atoms with van der Waals surface area (Å²) in [6.07, 6.45) is 8.07. The first-order chi connectivity index (χ1) is 8.81. The molecule has 100 valence electrons. The molecule has 2 N–H and O–H groups in total. The van der Waals surface area contributed by atoms with E-state index in [-0.39, 0.29) is 6.61 Å². The summed E-state index contributed by atoms with van der Waals surface area (Å²) in [4.78, 5) is 10.7. The normalized spacial score (nSPS) is 16.6. The topological polar surface area (TPSA) is 61.3 Å². The molecule has 0 bridgehead atoms. The van der Waals surface area contributed by atoms with E-state index in [0.717, 1.165) is 11.6 Å². The summed E-state index contributed by atoms with van der Waals surface area (Å²) >= 11 is 0. The Morgan fingerprint density at radius 2 is 2.11 bits per heavy atom. The Hall–Kier alpha value is -1.36. The van der Waals surface area contributed by atoms with Crippen molar-refractivity contribution >= 4 is 11.6 Å². The van der Waals surface area contributed by atoms with E-state index in [0.29, 0.717) is 12.6 Å². The van der Waals surface area contributed by atoms with Crippen LogP contribution in [-0.2, 0) is 0 Å². The molecule has 1 fully saturated rings. The van der Waals surface area contributed by atoms with E-state index in [2.05, 4.69) is 27.2 Å².